The van der Waals surface area contributed by atoms with E-state index in [1.54, 1.807) is 53.4 Å². The molecule has 2 amide bonds. The zero-order chi connectivity index (χ0) is 23.2. The Balaban J connectivity index is 1.35. The van der Waals surface area contributed by atoms with Crippen LogP contribution in [-0.2, 0) is 6.54 Å². The maximum atomic E-state index is 13.3. The summed E-state index contributed by atoms with van der Waals surface area (Å²) >= 11 is 6.17. The molecule has 8 heteroatoms. The van der Waals surface area contributed by atoms with E-state index in [0.29, 0.717) is 56.4 Å². The van der Waals surface area contributed by atoms with Crippen LogP contribution in [0.15, 0.2) is 71.3 Å². The van der Waals surface area contributed by atoms with Crippen molar-refractivity contribution in [1.29, 1.82) is 0 Å². The minimum absolute atomic E-state index is 0.0637. The van der Waals surface area contributed by atoms with Gasteiger partial charge in [-0.1, -0.05) is 35.9 Å². The molecule has 6 nitrogen and oxygen atoms in total. The zero-order valence-electron chi connectivity index (χ0n) is 18.1. The predicted octanol–water partition coefficient (Wildman–Crippen LogP) is 4.17. The van der Waals surface area contributed by atoms with E-state index in [1.165, 1.54) is 18.4 Å². The van der Waals surface area contributed by atoms with Crippen LogP contribution in [0.5, 0.6) is 0 Å². The van der Waals surface area contributed by atoms with Gasteiger partial charge in [-0.15, -0.1) is 0 Å². The Bertz CT molecular complexity index is 1080. The van der Waals surface area contributed by atoms with Crippen LogP contribution in [0.4, 0.5) is 4.39 Å². The molecule has 2 heterocycles. The largest absolute Gasteiger partial charge is 0.459 e. The summed E-state index contributed by atoms with van der Waals surface area (Å²) in [5.41, 5.74) is 1.36. The number of amides is 2. The highest BCUT2D eigenvalue weighted by Crippen LogP contribution is 2.18. The van der Waals surface area contributed by atoms with Gasteiger partial charge in [0.1, 0.15) is 5.82 Å². The molecule has 0 saturated carbocycles. The van der Waals surface area contributed by atoms with Crippen LogP contribution >= 0.6 is 11.6 Å². The topological polar surface area (TPSA) is 57.0 Å². The summed E-state index contributed by atoms with van der Waals surface area (Å²) < 4.78 is 18.6. The quantitative estimate of drug-likeness (QED) is 0.521. The van der Waals surface area contributed by atoms with Crippen LogP contribution in [0.3, 0.4) is 0 Å². The van der Waals surface area contributed by atoms with Crippen LogP contribution in [0.1, 0.15) is 26.5 Å². The highest BCUT2D eigenvalue weighted by molar-refractivity contribution is 6.33. The minimum Gasteiger partial charge on any atom is -0.459 e. The van der Waals surface area contributed by atoms with E-state index in [4.69, 9.17) is 16.0 Å². The fourth-order valence-electron chi connectivity index (χ4n) is 3.86. The first-order valence-corrected chi connectivity index (χ1v) is 11.2. The van der Waals surface area contributed by atoms with E-state index in [9.17, 15) is 14.0 Å². The highest BCUT2D eigenvalue weighted by atomic mass is 35.5. The van der Waals surface area contributed by atoms with E-state index in [-0.39, 0.29) is 23.4 Å². The van der Waals surface area contributed by atoms with Gasteiger partial charge in [-0.25, -0.2) is 4.39 Å². The molecule has 0 unspecified atom stereocenters. The molecule has 2 aromatic carbocycles. The number of hydrogen-bond acceptors (Lipinski definition) is 4. The van der Waals surface area contributed by atoms with Gasteiger partial charge in [0.15, 0.2) is 5.76 Å². The van der Waals surface area contributed by atoms with Crippen molar-refractivity contribution in [3.05, 3.63) is 94.7 Å². The Kier molecular flexibility index (Phi) is 7.42. The number of halogens is 2. The van der Waals surface area contributed by atoms with Crippen molar-refractivity contribution >= 4 is 23.4 Å². The second kappa shape index (κ2) is 10.6. The summed E-state index contributed by atoms with van der Waals surface area (Å²) in [5, 5.41) is 0.456. The van der Waals surface area contributed by atoms with Crippen molar-refractivity contribution in [2.45, 2.75) is 6.54 Å². The number of carbonyl (C=O) groups excluding carboxylic acids is 2. The molecule has 0 radical (unpaired) electrons. The van der Waals surface area contributed by atoms with Gasteiger partial charge in [0.2, 0.25) is 0 Å². The molecule has 4 rings (SSSR count). The number of piperazine rings is 1. The van der Waals surface area contributed by atoms with Crippen molar-refractivity contribution in [3.8, 4) is 0 Å². The van der Waals surface area contributed by atoms with Gasteiger partial charge >= 0.3 is 0 Å². The maximum Gasteiger partial charge on any atom is 0.289 e. The fraction of sp³-hybridized carbons (Fsp3) is 0.280. The molecule has 1 fully saturated rings. The Hall–Kier alpha value is -3.16. The third-order valence-corrected chi connectivity index (χ3v) is 6.09. The SMILES string of the molecule is O=C(c1ccco1)N(CCN1CCN(C(=O)c2ccccc2Cl)CC1)Cc1ccc(F)cc1. The molecule has 1 aliphatic heterocycles. The summed E-state index contributed by atoms with van der Waals surface area (Å²) in [6.07, 6.45) is 1.47. The molecule has 3 aromatic rings. The third kappa shape index (κ3) is 5.80. The first-order chi connectivity index (χ1) is 16.0. The predicted molar refractivity (Wildman–Crippen MR) is 124 cm³/mol. The average Bonchev–Trinajstić information content (AvgIpc) is 3.38. The van der Waals surface area contributed by atoms with Gasteiger partial charge in [-0.3, -0.25) is 14.5 Å². The van der Waals surface area contributed by atoms with Crippen molar-refractivity contribution in [2.75, 3.05) is 39.3 Å². The lowest BCUT2D eigenvalue weighted by atomic mass is 10.1. The van der Waals surface area contributed by atoms with Crippen LogP contribution in [0.25, 0.3) is 0 Å². The normalized spacial score (nSPS) is 14.3. The summed E-state index contributed by atoms with van der Waals surface area (Å²) in [5.74, 6) is -0.317. The van der Waals surface area contributed by atoms with Crippen molar-refractivity contribution < 1.29 is 18.4 Å². The fourth-order valence-corrected chi connectivity index (χ4v) is 4.08. The molecule has 172 valence electrons. The van der Waals surface area contributed by atoms with Crippen LogP contribution < -0.4 is 0 Å². The third-order valence-electron chi connectivity index (χ3n) is 5.76. The Morgan fingerprint density at radius 3 is 2.36 bits per heavy atom. The summed E-state index contributed by atoms with van der Waals surface area (Å²) in [4.78, 5) is 31.5. The standard InChI is InChI=1S/C25H25ClFN3O3/c26-22-5-2-1-4-21(22)24(31)29-14-11-28(12-15-29)13-16-30(25(32)23-6-3-17-33-23)18-19-7-9-20(27)10-8-19/h1-10,17H,11-16,18H2. The Morgan fingerprint density at radius 1 is 0.970 bits per heavy atom. The lowest BCUT2D eigenvalue weighted by Crippen LogP contribution is -2.50. The Morgan fingerprint density at radius 2 is 1.70 bits per heavy atom. The van der Waals surface area contributed by atoms with Crippen molar-refractivity contribution in [1.82, 2.24) is 14.7 Å². The van der Waals surface area contributed by atoms with Gasteiger partial charge in [-0.2, -0.15) is 0 Å². The minimum atomic E-state index is -0.313. The van der Waals surface area contributed by atoms with E-state index < -0.39 is 0 Å². The second-order valence-corrected chi connectivity index (χ2v) is 8.35. The Labute approximate surface area is 197 Å². The van der Waals surface area contributed by atoms with Crippen LogP contribution in [0, 0.1) is 5.82 Å². The van der Waals surface area contributed by atoms with Gasteiger partial charge < -0.3 is 14.2 Å². The molecule has 1 aromatic heterocycles. The molecule has 1 aliphatic rings. The van der Waals surface area contributed by atoms with Gasteiger partial charge in [0, 0.05) is 45.8 Å². The number of benzene rings is 2. The molecule has 0 spiro atoms. The molecular formula is C25H25ClFN3O3. The van der Waals surface area contributed by atoms with E-state index in [0.717, 1.165) is 5.56 Å². The lowest BCUT2D eigenvalue weighted by Gasteiger charge is -2.36. The van der Waals surface area contributed by atoms with E-state index in [1.807, 2.05) is 4.90 Å². The molecule has 0 aliphatic carbocycles. The van der Waals surface area contributed by atoms with Crippen LogP contribution in [0.2, 0.25) is 5.02 Å². The van der Waals surface area contributed by atoms with Crippen LogP contribution in [-0.4, -0.2) is 65.8 Å². The number of nitrogens with zero attached hydrogens (tertiary/aromatic N) is 3. The maximum absolute atomic E-state index is 13.3. The number of carbonyl (C=O) groups is 2. The molecule has 1 saturated heterocycles. The van der Waals surface area contributed by atoms with Crippen molar-refractivity contribution in [2.24, 2.45) is 0 Å². The molecule has 0 N–H and O–H groups in total. The number of hydrogen-bond donors (Lipinski definition) is 0. The lowest BCUT2D eigenvalue weighted by molar-refractivity contribution is 0.0589. The monoisotopic (exact) mass is 469 g/mol. The first kappa shape index (κ1) is 23.0. The van der Waals surface area contributed by atoms with Gasteiger partial charge in [-0.05, 0) is 42.0 Å². The summed E-state index contributed by atoms with van der Waals surface area (Å²) in [6, 6.07) is 16.5. The summed E-state index contributed by atoms with van der Waals surface area (Å²) in [6.45, 7) is 4.08. The number of rotatable bonds is 7. The molecule has 0 atom stereocenters. The van der Waals surface area contributed by atoms with Gasteiger partial charge in [0.05, 0.1) is 16.8 Å². The second-order valence-electron chi connectivity index (χ2n) is 7.94. The molecule has 0 bridgehead atoms. The molecule has 33 heavy (non-hydrogen) atoms. The van der Waals surface area contributed by atoms with E-state index >= 15 is 0 Å². The summed E-state index contributed by atoms with van der Waals surface area (Å²) in [7, 11) is 0. The van der Waals surface area contributed by atoms with Gasteiger partial charge in [0.25, 0.3) is 11.8 Å². The zero-order valence-corrected chi connectivity index (χ0v) is 18.9. The first-order valence-electron chi connectivity index (χ1n) is 10.8. The average molecular weight is 470 g/mol. The number of furan rings is 1. The molecular weight excluding hydrogens is 445 g/mol. The highest BCUT2D eigenvalue weighted by Gasteiger charge is 2.25. The van der Waals surface area contributed by atoms with Crippen molar-refractivity contribution in [3.63, 3.8) is 0 Å². The smallest absolute Gasteiger partial charge is 0.289 e. The van der Waals surface area contributed by atoms with E-state index in [2.05, 4.69) is 4.90 Å².